The van der Waals surface area contributed by atoms with E-state index < -0.39 is 59.4 Å². The van der Waals surface area contributed by atoms with Gasteiger partial charge in [-0.2, -0.15) is 31.3 Å². The second-order valence-electron chi connectivity index (χ2n) is 10.2. The minimum Gasteiger partial charge on any atom is -0.368 e. The Morgan fingerprint density at radius 1 is 1.02 bits per heavy atom. The molecule has 0 saturated carbocycles. The van der Waals surface area contributed by atoms with Crippen LogP contribution in [0, 0.1) is 12.7 Å². The molecule has 2 saturated heterocycles. The number of fused-ring (bicyclic) bond motifs is 1. The number of halogens is 7. The normalized spacial score (nSPS) is 24.3. The van der Waals surface area contributed by atoms with Crippen LogP contribution < -0.4 is 0 Å². The van der Waals surface area contributed by atoms with Gasteiger partial charge in [-0.1, -0.05) is 17.3 Å². The molecular weight excluding hydrogens is 547 g/mol. The maximum absolute atomic E-state index is 13.7. The molecule has 0 spiro atoms. The fourth-order valence-corrected chi connectivity index (χ4v) is 5.62. The highest BCUT2D eigenvalue weighted by molar-refractivity contribution is 5.79. The predicted molar refractivity (Wildman–Crippen MR) is 125 cm³/mol. The van der Waals surface area contributed by atoms with E-state index in [4.69, 9.17) is 9.26 Å². The number of carbonyl (C=O) groups excluding carboxylic acids is 1. The molecule has 2 unspecified atom stereocenters. The van der Waals surface area contributed by atoms with Gasteiger partial charge in [-0.15, -0.1) is 0 Å². The summed E-state index contributed by atoms with van der Waals surface area (Å²) < 4.78 is 106. The number of hydrogen-bond acceptors (Lipinski definition) is 5. The first kappa shape index (κ1) is 28.1. The van der Waals surface area contributed by atoms with Crippen molar-refractivity contribution < 1.29 is 44.8 Å². The maximum atomic E-state index is 13.7. The lowest BCUT2D eigenvalue weighted by Gasteiger charge is -2.35. The largest absolute Gasteiger partial charge is 0.416 e. The molecule has 0 N–H and O–H groups in total. The molecule has 3 heterocycles. The van der Waals surface area contributed by atoms with Gasteiger partial charge in [0.1, 0.15) is 5.82 Å². The Morgan fingerprint density at radius 2 is 1.65 bits per heavy atom. The van der Waals surface area contributed by atoms with Crippen molar-refractivity contribution in [3.05, 3.63) is 82.3 Å². The van der Waals surface area contributed by atoms with Crippen LogP contribution in [-0.4, -0.2) is 39.6 Å². The average molecular weight is 571 g/mol. The van der Waals surface area contributed by atoms with Crippen LogP contribution in [0.25, 0.3) is 0 Å². The molecule has 6 nitrogen and oxygen atoms in total. The van der Waals surface area contributed by atoms with Gasteiger partial charge in [-0.25, -0.2) is 4.39 Å². The molecule has 13 heteroatoms. The number of ether oxygens (including phenoxy) is 1. The third-order valence-electron chi connectivity index (χ3n) is 7.47. The minimum atomic E-state index is -5.01. The number of piperidine rings is 1. The lowest BCUT2D eigenvalue weighted by atomic mass is 9.81. The molecule has 0 aliphatic carbocycles. The van der Waals surface area contributed by atoms with Gasteiger partial charge in [0.25, 0.3) is 0 Å². The van der Waals surface area contributed by atoms with Crippen molar-refractivity contribution in [3.8, 4) is 0 Å². The van der Waals surface area contributed by atoms with Gasteiger partial charge >= 0.3 is 12.4 Å². The first-order chi connectivity index (χ1) is 18.7. The molecule has 40 heavy (non-hydrogen) atoms. The fourth-order valence-electron chi connectivity index (χ4n) is 5.62. The van der Waals surface area contributed by atoms with E-state index >= 15 is 0 Å². The summed E-state index contributed by atoms with van der Waals surface area (Å²) in [5.41, 5.74) is -2.59. The number of alkyl halides is 6. The number of carbonyl (C=O) groups is 1. The summed E-state index contributed by atoms with van der Waals surface area (Å²) in [4.78, 5) is 19.0. The molecule has 2 aromatic carbocycles. The quantitative estimate of drug-likeness (QED) is 0.324. The highest BCUT2D eigenvalue weighted by atomic mass is 19.4. The average Bonchev–Trinajstić information content (AvgIpc) is 3.47. The van der Waals surface area contributed by atoms with Crippen molar-refractivity contribution in [2.75, 3.05) is 6.54 Å². The van der Waals surface area contributed by atoms with Gasteiger partial charge in [-0.3, -0.25) is 4.79 Å². The summed E-state index contributed by atoms with van der Waals surface area (Å²) in [5, 5.41) is 3.79. The molecule has 2 fully saturated rings. The summed E-state index contributed by atoms with van der Waals surface area (Å²) in [7, 11) is 0. The summed E-state index contributed by atoms with van der Waals surface area (Å²) in [6.07, 6.45) is -11.5. The molecule has 1 amide bonds. The van der Waals surface area contributed by atoms with Crippen LogP contribution in [0.2, 0.25) is 0 Å². The number of aromatic nitrogens is 2. The molecule has 3 aromatic rings. The first-order valence-electron chi connectivity index (χ1n) is 12.5. The van der Waals surface area contributed by atoms with E-state index in [1.54, 1.807) is 11.8 Å². The van der Waals surface area contributed by atoms with Crippen LogP contribution in [0.15, 0.2) is 47.0 Å². The molecule has 2 aliphatic heterocycles. The SMILES string of the molecule is Cc1noc(C2CC(=O)N3C[C@H](O[C@H](C)c4cc(C(F)(F)F)cc(C(F)(F)F)c4)[C@@H](c4ccc(F)cc4)C3C2)n1. The molecule has 0 bridgehead atoms. The zero-order valence-corrected chi connectivity index (χ0v) is 21.3. The minimum absolute atomic E-state index is 0.0521. The van der Waals surface area contributed by atoms with Crippen LogP contribution in [0.5, 0.6) is 0 Å². The standard InChI is InChI=1S/C27H24F7N3O3/c1-13(16-7-18(26(29,30)31)11-19(8-16)27(32,33)34)39-22-12-37-21(24(22)15-3-5-20(28)6-4-15)9-17(10-23(37)38)25-35-14(2)36-40-25/h3-8,11,13,17,21-22,24H,9-10,12H2,1-2H3/t13-,17?,21?,22+,24+/m1/s1. The molecule has 0 radical (unpaired) electrons. The Balaban J connectivity index is 1.48. The first-order valence-corrected chi connectivity index (χ1v) is 12.5. The number of nitrogens with zero attached hydrogens (tertiary/aromatic N) is 3. The molecule has 5 atom stereocenters. The monoisotopic (exact) mass is 571 g/mol. The Morgan fingerprint density at radius 3 is 2.20 bits per heavy atom. The summed E-state index contributed by atoms with van der Waals surface area (Å²) in [6.45, 7) is 3.06. The Kier molecular flexibility index (Phi) is 7.13. The second kappa shape index (κ2) is 10.2. The van der Waals surface area contributed by atoms with E-state index in [-0.39, 0.29) is 30.5 Å². The van der Waals surface area contributed by atoms with E-state index in [2.05, 4.69) is 10.1 Å². The van der Waals surface area contributed by atoms with E-state index in [1.165, 1.54) is 31.2 Å². The summed E-state index contributed by atoms with van der Waals surface area (Å²) in [5.74, 6) is -0.975. The molecule has 5 rings (SSSR count). The number of hydrogen-bond donors (Lipinski definition) is 0. The zero-order chi connectivity index (χ0) is 29.0. The maximum Gasteiger partial charge on any atom is 0.416 e. The Bertz CT molecular complexity index is 1350. The Hall–Kier alpha value is -3.48. The van der Waals surface area contributed by atoms with Crippen LogP contribution in [0.1, 0.15) is 71.7 Å². The van der Waals surface area contributed by atoms with Crippen molar-refractivity contribution in [3.63, 3.8) is 0 Å². The van der Waals surface area contributed by atoms with Crippen LogP contribution in [-0.2, 0) is 21.9 Å². The fraction of sp³-hybridized carbons (Fsp3) is 0.444. The van der Waals surface area contributed by atoms with Gasteiger partial charge in [0.2, 0.25) is 11.8 Å². The number of rotatable bonds is 5. The Labute approximate surface area is 224 Å². The van der Waals surface area contributed by atoms with E-state index in [1.807, 2.05) is 0 Å². The molecule has 1 aromatic heterocycles. The predicted octanol–water partition coefficient (Wildman–Crippen LogP) is 6.57. The lowest BCUT2D eigenvalue weighted by molar-refractivity contribution is -0.143. The number of amides is 1. The van der Waals surface area contributed by atoms with Gasteiger partial charge in [0.15, 0.2) is 5.82 Å². The van der Waals surface area contributed by atoms with E-state index in [9.17, 15) is 35.5 Å². The van der Waals surface area contributed by atoms with E-state index in [0.29, 0.717) is 35.8 Å². The molecular formula is C27H24F7N3O3. The highest BCUT2D eigenvalue weighted by Gasteiger charge is 2.50. The third-order valence-corrected chi connectivity index (χ3v) is 7.47. The van der Waals surface area contributed by atoms with Gasteiger partial charge in [0.05, 0.1) is 23.3 Å². The van der Waals surface area contributed by atoms with Crippen molar-refractivity contribution >= 4 is 5.91 Å². The zero-order valence-electron chi connectivity index (χ0n) is 21.3. The number of benzene rings is 2. The third kappa shape index (κ3) is 5.56. The summed E-state index contributed by atoms with van der Waals surface area (Å²) >= 11 is 0. The van der Waals surface area contributed by atoms with Crippen LogP contribution in [0.4, 0.5) is 30.7 Å². The van der Waals surface area contributed by atoms with Gasteiger partial charge < -0.3 is 14.2 Å². The summed E-state index contributed by atoms with van der Waals surface area (Å²) in [6, 6.07) is 6.40. The van der Waals surface area contributed by atoms with Crippen molar-refractivity contribution in [1.29, 1.82) is 0 Å². The van der Waals surface area contributed by atoms with Crippen LogP contribution in [0.3, 0.4) is 0 Å². The van der Waals surface area contributed by atoms with Crippen molar-refractivity contribution in [2.24, 2.45) is 0 Å². The molecule has 214 valence electrons. The van der Waals surface area contributed by atoms with Crippen molar-refractivity contribution in [1.82, 2.24) is 15.0 Å². The number of aryl methyl sites for hydroxylation is 1. The van der Waals surface area contributed by atoms with Gasteiger partial charge in [-0.05, 0) is 61.7 Å². The highest BCUT2D eigenvalue weighted by Crippen LogP contribution is 2.46. The lowest BCUT2D eigenvalue weighted by Crippen LogP contribution is -2.43. The van der Waals surface area contributed by atoms with Crippen LogP contribution >= 0.6 is 0 Å². The van der Waals surface area contributed by atoms with Crippen molar-refractivity contribution in [2.45, 2.75) is 69.1 Å². The van der Waals surface area contributed by atoms with E-state index in [0.717, 1.165) is 0 Å². The smallest absolute Gasteiger partial charge is 0.368 e. The molecule has 2 aliphatic rings. The second-order valence-corrected chi connectivity index (χ2v) is 10.2. The topological polar surface area (TPSA) is 68.5 Å². The van der Waals surface area contributed by atoms with Gasteiger partial charge in [0, 0.05) is 30.8 Å².